The van der Waals surface area contributed by atoms with Crippen LogP contribution in [0.5, 0.6) is 0 Å². The highest BCUT2D eigenvalue weighted by Crippen LogP contribution is 2.35. The number of benzene rings is 1. The number of nitrogens with zero attached hydrogens (tertiary/aromatic N) is 1. The number of carbonyl (C=O) groups excluding carboxylic acids is 1. The molecule has 5 heteroatoms. The summed E-state index contributed by atoms with van der Waals surface area (Å²) in [4.78, 5) is 14.1. The first-order chi connectivity index (χ1) is 10.1. The average molecular weight is 308 g/mol. The molecule has 1 atom stereocenters. The van der Waals surface area contributed by atoms with Crippen LogP contribution in [-0.4, -0.2) is 31.6 Å². The summed E-state index contributed by atoms with van der Waals surface area (Å²) < 4.78 is 0. The van der Waals surface area contributed by atoms with Crippen LogP contribution in [0.25, 0.3) is 0 Å². The van der Waals surface area contributed by atoms with Gasteiger partial charge in [-0.05, 0) is 62.9 Å². The van der Waals surface area contributed by atoms with Crippen LogP contribution in [0.2, 0.25) is 5.02 Å². The largest absolute Gasteiger partial charge is 0.368 e. The molecule has 1 aliphatic carbocycles. The smallest absolute Gasteiger partial charge is 0.250 e. The second-order valence-electron chi connectivity index (χ2n) is 6.12. The minimum absolute atomic E-state index is 0.403. The summed E-state index contributed by atoms with van der Waals surface area (Å²) in [7, 11) is 0. The number of carbonyl (C=O) groups is 1. The van der Waals surface area contributed by atoms with Gasteiger partial charge in [0.2, 0.25) is 0 Å². The molecule has 1 saturated carbocycles. The van der Waals surface area contributed by atoms with Crippen molar-refractivity contribution in [2.45, 2.75) is 31.7 Å². The number of rotatable bonds is 5. The third kappa shape index (κ3) is 3.50. The highest BCUT2D eigenvalue weighted by Gasteiger charge is 2.33. The summed E-state index contributed by atoms with van der Waals surface area (Å²) in [5.41, 5.74) is 7.02. The van der Waals surface area contributed by atoms with Crippen LogP contribution in [0.15, 0.2) is 18.2 Å². The Balaban J connectivity index is 1.85. The van der Waals surface area contributed by atoms with E-state index in [4.69, 9.17) is 17.3 Å². The van der Waals surface area contributed by atoms with Crippen LogP contribution in [0.4, 0.5) is 5.69 Å². The molecule has 2 aliphatic rings. The van der Waals surface area contributed by atoms with Gasteiger partial charge in [0.05, 0.1) is 5.56 Å². The topological polar surface area (TPSA) is 58.4 Å². The van der Waals surface area contributed by atoms with E-state index in [1.165, 1.54) is 25.7 Å². The molecule has 4 nitrogen and oxygen atoms in total. The summed E-state index contributed by atoms with van der Waals surface area (Å²) in [6.07, 6.45) is 4.87. The second-order valence-corrected chi connectivity index (χ2v) is 6.56. The predicted molar refractivity (Wildman–Crippen MR) is 85.9 cm³/mol. The first-order valence-corrected chi connectivity index (χ1v) is 8.09. The highest BCUT2D eigenvalue weighted by molar-refractivity contribution is 6.31. The number of halogens is 1. The molecule has 0 radical (unpaired) electrons. The van der Waals surface area contributed by atoms with Crippen molar-refractivity contribution in [3.63, 3.8) is 0 Å². The number of primary amides is 1. The van der Waals surface area contributed by atoms with Crippen molar-refractivity contribution in [3.05, 3.63) is 28.8 Å². The van der Waals surface area contributed by atoms with Crippen LogP contribution in [-0.2, 0) is 0 Å². The van der Waals surface area contributed by atoms with Crippen LogP contribution >= 0.6 is 11.6 Å². The van der Waals surface area contributed by atoms with Gasteiger partial charge in [0, 0.05) is 23.3 Å². The lowest BCUT2D eigenvalue weighted by molar-refractivity contribution is 0.100. The van der Waals surface area contributed by atoms with Gasteiger partial charge in [0.15, 0.2) is 0 Å². The van der Waals surface area contributed by atoms with Crippen molar-refractivity contribution in [1.82, 2.24) is 5.32 Å². The van der Waals surface area contributed by atoms with Crippen molar-refractivity contribution < 1.29 is 4.79 Å². The monoisotopic (exact) mass is 307 g/mol. The first kappa shape index (κ1) is 14.7. The Morgan fingerprint density at radius 2 is 2.19 bits per heavy atom. The Kier molecular flexibility index (Phi) is 4.36. The minimum atomic E-state index is -0.403. The number of nitrogens with two attached hydrogens (primary N) is 1. The summed E-state index contributed by atoms with van der Waals surface area (Å²) in [6, 6.07) is 6.02. The lowest BCUT2D eigenvalue weighted by atomic mass is 9.98. The van der Waals surface area contributed by atoms with Gasteiger partial charge in [-0.25, -0.2) is 0 Å². The van der Waals surface area contributed by atoms with Gasteiger partial charge in [0.1, 0.15) is 0 Å². The number of hydrogen-bond donors (Lipinski definition) is 2. The van der Waals surface area contributed by atoms with Gasteiger partial charge in [-0.3, -0.25) is 4.79 Å². The third-order valence-electron chi connectivity index (χ3n) is 4.37. The zero-order valence-corrected chi connectivity index (χ0v) is 12.9. The van der Waals surface area contributed by atoms with Gasteiger partial charge in [-0.15, -0.1) is 0 Å². The lowest BCUT2D eigenvalue weighted by Gasteiger charge is -2.32. The molecule has 0 bridgehead atoms. The highest BCUT2D eigenvalue weighted by atomic mass is 35.5. The molecule has 114 valence electrons. The fraction of sp³-hybridized carbons (Fsp3) is 0.562. The van der Waals surface area contributed by atoms with Crippen LogP contribution in [0.3, 0.4) is 0 Å². The van der Waals surface area contributed by atoms with E-state index in [1.807, 2.05) is 12.1 Å². The van der Waals surface area contributed by atoms with Crippen molar-refractivity contribution in [2.24, 2.45) is 11.7 Å². The fourth-order valence-corrected chi connectivity index (χ4v) is 3.32. The molecule has 0 spiro atoms. The summed E-state index contributed by atoms with van der Waals surface area (Å²) in [5.74, 6) is 0.232. The van der Waals surface area contributed by atoms with E-state index in [2.05, 4.69) is 10.2 Å². The van der Waals surface area contributed by atoms with E-state index in [0.717, 1.165) is 25.3 Å². The maximum absolute atomic E-state index is 11.7. The summed E-state index contributed by atoms with van der Waals surface area (Å²) >= 11 is 6.02. The standard InChI is InChI=1S/C16H22ClN3O/c17-12-3-6-15(14(8-12)16(18)21)20(13-4-5-13)10-11-2-1-7-19-9-11/h3,6,8,11,13,19H,1-2,4-5,7,9-10H2,(H2,18,21). The predicted octanol–water partition coefficient (Wildman–Crippen LogP) is 2.41. The third-order valence-corrected chi connectivity index (χ3v) is 4.61. The number of amides is 1. The first-order valence-electron chi connectivity index (χ1n) is 7.72. The van der Waals surface area contributed by atoms with Crippen LogP contribution in [0.1, 0.15) is 36.0 Å². The average Bonchev–Trinajstić information content (AvgIpc) is 3.31. The SMILES string of the molecule is NC(=O)c1cc(Cl)ccc1N(CC1CCCNC1)C1CC1. The van der Waals surface area contributed by atoms with Crippen LogP contribution < -0.4 is 16.0 Å². The van der Waals surface area contributed by atoms with Crippen molar-refractivity contribution in [3.8, 4) is 0 Å². The number of hydrogen-bond acceptors (Lipinski definition) is 3. The van der Waals surface area contributed by atoms with Crippen molar-refractivity contribution in [1.29, 1.82) is 0 Å². The Bertz CT molecular complexity index is 524. The molecule has 1 saturated heterocycles. The number of anilines is 1. The van der Waals surface area contributed by atoms with Gasteiger partial charge in [-0.2, -0.15) is 0 Å². The molecule has 0 aromatic heterocycles. The molecule has 21 heavy (non-hydrogen) atoms. The zero-order chi connectivity index (χ0) is 14.8. The van der Waals surface area contributed by atoms with E-state index in [1.54, 1.807) is 6.07 Å². The molecule has 1 aromatic carbocycles. The Morgan fingerprint density at radius 1 is 1.38 bits per heavy atom. The Hall–Kier alpha value is -1.26. The molecule has 2 fully saturated rings. The molecule has 3 rings (SSSR count). The summed E-state index contributed by atoms with van der Waals surface area (Å²) in [5, 5.41) is 4.02. The summed E-state index contributed by atoms with van der Waals surface area (Å²) in [6.45, 7) is 3.16. The lowest BCUT2D eigenvalue weighted by Crippen LogP contribution is -2.40. The maximum atomic E-state index is 11.7. The maximum Gasteiger partial charge on any atom is 0.250 e. The van der Waals surface area contributed by atoms with Gasteiger partial charge in [0.25, 0.3) is 5.91 Å². The molecular weight excluding hydrogens is 286 g/mol. The van der Waals surface area contributed by atoms with E-state index < -0.39 is 5.91 Å². The molecule has 1 unspecified atom stereocenters. The number of piperidine rings is 1. The fourth-order valence-electron chi connectivity index (χ4n) is 3.14. The molecule has 1 aromatic rings. The molecule has 3 N–H and O–H groups in total. The quantitative estimate of drug-likeness (QED) is 0.878. The minimum Gasteiger partial charge on any atom is -0.368 e. The Labute approximate surface area is 130 Å². The second kappa shape index (κ2) is 6.24. The van der Waals surface area contributed by atoms with E-state index >= 15 is 0 Å². The molecule has 1 aliphatic heterocycles. The van der Waals surface area contributed by atoms with Crippen molar-refractivity contribution >= 4 is 23.2 Å². The van der Waals surface area contributed by atoms with Crippen LogP contribution in [0, 0.1) is 5.92 Å². The van der Waals surface area contributed by atoms with Gasteiger partial charge in [-0.1, -0.05) is 11.6 Å². The number of nitrogens with one attached hydrogen (secondary N) is 1. The Morgan fingerprint density at radius 3 is 2.81 bits per heavy atom. The van der Waals surface area contributed by atoms with E-state index in [0.29, 0.717) is 22.5 Å². The van der Waals surface area contributed by atoms with Gasteiger partial charge < -0.3 is 16.0 Å². The molecular formula is C16H22ClN3O. The van der Waals surface area contributed by atoms with Gasteiger partial charge >= 0.3 is 0 Å². The molecule has 1 amide bonds. The molecule has 1 heterocycles. The van der Waals surface area contributed by atoms with Crippen molar-refractivity contribution in [2.75, 3.05) is 24.5 Å². The van der Waals surface area contributed by atoms with E-state index in [-0.39, 0.29) is 0 Å². The normalized spacial score (nSPS) is 22.0. The zero-order valence-electron chi connectivity index (χ0n) is 12.1. The van der Waals surface area contributed by atoms with E-state index in [9.17, 15) is 4.79 Å².